The van der Waals surface area contributed by atoms with Crippen LogP contribution in [0.15, 0.2) is 42.6 Å². The number of halogens is 3. The third-order valence-electron chi connectivity index (χ3n) is 6.46. The molecule has 7 nitrogen and oxygen atoms in total. The number of alkyl halides is 3. The van der Waals surface area contributed by atoms with Crippen LogP contribution in [0, 0.1) is 0 Å². The molecule has 0 saturated heterocycles. The molecule has 0 bridgehead atoms. The van der Waals surface area contributed by atoms with Crippen molar-refractivity contribution in [1.82, 2.24) is 19.7 Å². The van der Waals surface area contributed by atoms with Crippen molar-refractivity contribution in [3.63, 3.8) is 0 Å². The molecular weight excluding hydrogens is 447 g/mol. The van der Waals surface area contributed by atoms with Gasteiger partial charge >= 0.3 is 6.18 Å². The number of carbonyl (C=O) groups is 1. The van der Waals surface area contributed by atoms with E-state index in [0.29, 0.717) is 33.4 Å². The SMILES string of the molecule is CC1OCC(N(C)C(=O)c2ccc3nc(N)c4cnn(C)c4c3c2)c2ccc(C(F)(F)F)cc21. The molecule has 1 amide bonds. The van der Waals surface area contributed by atoms with Crippen molar-refractivity contribution >= 4 is 33.5 Å². The number of aromatic nitrogens is 3. The first-order chi connectivity index (χ1) is 16.1. The van der Waals surface area contributed by atoms with E-state index in [1.54, 1.807) is 50.1 Å². The normalized spacial score (nSPS) is 18.3. The topological polar surface area (TPSA) is 86.3 Å². The van der Waals surface area contributed by atoms with Crippen molar-refractivity contribution in [2.75, 3.05) is 19.4 Å². The molecule has 10 heteroatoms. The minimum Gasteiger partial charge on any atom is -0.383 e. The van der Waals surface area contributed by atoms with E-state index in [9.17, 15) is 18.0 Å². The lowest BCUT2D eigenvalue weighted by atomic mass is 9.91. The van der Waals surface area contributed by atoms with Gasteiger partial charge in [-0.15, -0.1) is 0 Å². The molecule has 0 fully saturated rings. The number of hydrogen-bond donors (Lipinski definition) is 1. The summed E-state index contributed by atoms with van der Waals surface area (Å²) in [6, 6.07) is 8.20. The molecule has 0 aliphatic carbocycles. The van der Waals surface area contributed by atoms with Gasteiger partial charge in [0, 0.05) is 25.0 Å². The molecule has 2 aromatic heterocycles. The number of pyridine rings is 1. The summed E-state index contributed by atoms with van der Waals surface area (Å²) in [6.45, 7) is 1.89. The number of nitrogens with zero attached hydrogens (tertiary/aromatic N) is 4. The van der Waals surface area contributed by atoms with Crippen molar-refractivity contribution < 1.29 is 22.7 Å². The van der Waals surface area contributed by atoms with Gasteiger partial charge in [0.05, 0.1) is 46.9 Å². The first kappa shape index (κ1) is 22.1. The Morgan fingerprint density at radius 2 is 1.94 bits per heavy atom. The first-order valence-corrected chi connectivity index (χ1v) is 10.7. The summed E-state index contributed by atoms with van der Waals surface area (Å²) < 4.78 is 47.1. The molecule has 34 heavy (non-hydrogen) atoms. The minimum absolute atomic E-state index is 0.180. The number of aryl methyl sites for hydroxylation is 1. The summed E-state index contributed by atoms with van der Waals surface area (Å²) in [7, 11) is 3.41. The number of nitrogens with two attached hydrogens (primary N) is 1. The maximum atomic E-state index is 13.5. The number of amides is 1. The number of hydrogen-bond acceptors (Lipinski definition) is 5. The second-order valence-corrected chi connectivity index (χ2v) is 8.51. The zero-order valence-electron chi connectivity index (χ0n) is 18.7. The van der Waals surface area contributed by atoms with Crippen LogP contribution in [0.3, 0.4) is 0 Å². The van der Waals surface area contributed by atoms with Crippen LogP contribution in [0.4, 0.5) is 19.0 Å². The maximum Gasteiger partial charge on any atom is 0.416 e. The first-order valence-electron chi connectivity index (χ1n) is 10.7. The third kappa shape index (κ3) is 3.45. The number of carbonyl (C=O) groups excluding carboxylic acids is 1. The smallest absolute Gasteiger partial charge is 0.383 e. The number of anilines is 1. The lowest BCUT2D eigenvalue weighted by Crippen LogP contribution is -2.37. The second-order valence-electron chi connectivity index (χ2n) is 8.51. The predicted octanol–water partition coefficient (Wildman–Crippen LogP) is 4.63. The molecule has 2 unspecified atom stereocenters. The number of benzene rings is 2. The maximum absolute atomic E-state index is 13.5. The van der Waals surface area contributed by atoms with Gasteiger partial charge in [0.2, 0.25) is 0 Å². The van der Waals surface area contributed by atoms with Crippen LogP contribution in [0.5, 0.6) is 0 Å². The van der Waals surface area contributed by atoms with Crippen molar-refractivity contribution in [3.8, 4) is 0 Å². The molecule has 0 spiro atoms. The molecule has 2 atom stereocenters. The Kier molecular flexibility index (Phi) is 5.01. The quantitative estimate of drug-likeness (QED) is 0.463. The molecule has 2 aromatic carbocycles. The molecule has 1 aliphatic rings. The summed E-state index contributed by atoms with van der Waals surface area (Å²) >= 11 is 0. The Morgan fingerprint density at radius 3 is 2.68 bits per heavy atom. The molecule has 5 rings (SSSR count). The zero-order chi connectivity index (χ0) is 24.4. The Labute approximate surface area is 192 Å². The Morgan fingerprint density at radius 1 is 1.18 bits per heavy atom. The third-order valence-corrected chi connectivity index (χ3v) is 6.46. The fraction of sp³-hybridized carbons (Fsp3) is 0.292. The Balaban J connectivity index is 1.54. The van der Waals surface area contributed by atoms with Gasteiger partial charge in [0.1, 0.15) is 5.82 Å². The standard InChI is InChI=1S/C24H22F3N5O2/c1-12-16-9-14(24(25,26)27)5-6-15(16)20(11-34-12)31(2)23(33)13-4-7-19-17(8-13)21-18(22(28)30-19)10-29-32(21)3/h4-10,12,20H,11H2,1-3H3,(H2,28,30). The molecule has 0 radical (unpaired) electrons. The molecule has 4 aromatic rings. The molecule has 176 valence electrons. The zero-order valence-corrected chi connectivity index (χ0v) is 18.7. The van der Waals surface area contributed by atoms with Gasteiger partial charge in [0.25, 0.3) is 5.91 Å². The fourth-order valence-electron chi connectivity index (χ4n) is 4.58. The van der Waals surface area contributed by atoms with Crippen LogP contribution in [0.25, 0.3) is 21.8 Å². The Hall–Kier alpha value is -3.66. The molecular formula is C24H22F3N5O2. The van der Waals surface area contributed by atoms with E-state index in [4.69, 9.17) is 10.5 Å². The summed E-state index contributed by atoms with van der Waals surface area (Å²) in [5.41, 5.74) is 8.20. The average Bonchev–Trinajstić information content (AvgIpc) is 3.20. The van der Waals surface area contributed by atoms with Gasteiger partial charge in [0.15, 0.2) is 0 Å². The summed E-state index contributed by atoms with van der Waals surface area (Å²) in [6.07, 6.45) is -3.33. The van der Waals surface area contributed by atoms with Crippen LogP contribution in [0.1, 0.15) is 46.1 Å². The number of fused-ring (bicyclic) bond motifs is 4. The molecule has 0 saturated carbocycles. The average molecular weight is 469 g/mol. The van der Waals surface area contributed by atoms with E-state index < -0.39 is 23.9 Å². The minimum atomic E-state index is -4.46. The van der Waals surface area contributed by atoms with Gasteiger partial charge in [-0.25, -0.2) is 4.98 Å². The molecule has 2 N–H and O–H groups in total. The van der Waals surface area contributed by atoms with Crippen molar-refractivity contribution in [2.24, 2.45) is 7.05 Å². The lowest BCUT2D eigenvalue weighted by Gasteiger charge is -2.36. The summed E-state index contributed by atoms with van der Waals surface area (Å²) in [5, 5.41) is 5.67. The van der Waals surface area contributed by atoms with Gasteiger partial charge in [-0.3, -0.25) is 9.48 Å². The van der Waals surface area contributed by atoms with Gasteiger partial charge in [-0.05, 0) is 48.4 Å². The number of rotatable bonds is 2. The highest BCUT2D eigenvalue weighted by atomic mass is 19.4. The summed E-state index contributed by atoms with van der Waals surface area (Å²) in [4.78, 5) is 19.4. The van der Waals surface area contributed by atoms with Crippen LogP contribution in [-0.4, -0.2) is 39.2 Å². The largest absolute Gasteiger partial charge is 0.416 e. The Bertz CT molecular complexity index is 1450. The van der Waals surface area contributed by atoms with E-state index in [2.05, 4.69) is 10.1 Å². The molecule has 3 heterocycles. The van der Waals surface area contributed by atoms with Crippen molar-refractivity contribution in [3.05, 3.63) is 64.8 Å². The van der Waals surface area contributed by atoms with Crippen LogP contribution >= 0.6 is 0 Å². The number of likely N-dealkylation sites (N-methyl/N-ethyl adjacent to an activating group) is 1. The van der Waals surface area contributed by atoms with E-state index in [-0.39, 0.29) is 12.5 Å². The molecule has 1 aliphatic heterocycles. The van der Waals surface area contributed by atoms with Crippen LogP contribution < -0.4 is 5.73 Å². The van der Waals surface area contributed by atoms with E-state index >= 15 is 0 Å². The number of nitrogen functional groups attached to an aromatic ring is 1. The monoisotopic (exact) mass is 469 g/mol. The van der Waals surface area contributed by atoms with Crippen LogP contribution in [0.2, 0.25) is 0 Å². The number of ether oxygens (including phenoxy) is 1. The van der Waals surface area contributed by atoms with Crippen LogP contribution in [-0.2, 0) is 18.0 Å². The van der Waals surface area contributed by atoms with Crippen molar-refractivity contribution in [1.29, 1.82) is 0 Å². The highest BCUT2D eigenvalue weighted by Crippen LogP contribution is 2.39. The van der Waals surface area contributed by atoms with E-state index in [0.717, 1.165) is 23.0 Å². The second kappa shape index (κ2) is 7.69. The highest BCUT2D eigenvalue weighted by molar-refractivity contribution is 6.10. The van der Waals surface area contributed by atoms with Gasteiger partial charge < -0.3 is 15.4 Å². The van der Waals surface area contributed by atoms with Gasteiger partial charge in [-0.1, -0.05) is 6.07 Å². The fourth-order valence-corrected chi connectivity index (χ4v) is 4.58. The predicted molar refractivity (Wildman–Crippen MR) is 121 cm³/mol. The van der Waals surface area contributed by atoms with E-state index in [1.807, 2.05) is 0 Å². The van der Waals surface area contributed by atoms with Gasteiger partial charge in [-0.2, -0.15) is 18.3 Å². The highest BCUT2D eigenvalue weighted by Gasteiger charge is 2.36. The summed E-state index contributed by atoms with van der Waals surface area (Å²) in [5.74, 6) is 0.0677. The lowest BCUT2D eigenvalue weighted by molar-refractivity contribution is -0.137. The van der Waals surface area contributed by atoms with E-state index in [1.165, 1.54) is 11.0 Å². The van der Waals surface area contributed by atoms with Crippen molar-refractivity contribution in [2.45, 2.75) is 25.2 Å².